The van der Waals surface area contributed by atoms with E-state index in [1.807, 2.05) is 25.7 Å². The third-order valence-corrected chi connectivity index (χ3v) is 0.913. The van der Waals surface area contributed by atoms with Crippen molar-refractivity contribution >= 4 is 25.2 Å². The fraction of sp³-hybridized carbons (Fsp3) is 0.143. The summed E-state index contributed by atoms with van der Waals surface area (Å²) in [6, 6.07) is 0. The monoisotopic (exact) mass is 261 g/mol. The molecule has 0 aromatic rings. The average molecular weight is 261 g/mol. The van der Waals surface area contributed by atoms with Gasteiger partial charge in [0.15, 0.2) is 0 Å². The minimum atomic E-state index is 0. The van der Waals surface area contributed by atoms with Crippen LogP contribution in [0.1, 0.15) is 6.42 Å². The molecule has 1 aliphatic carbocycles. The summed E-state index contributed by atoms with van der Waals surface area (Å²) in [5.74, 6) is 0. The Kier molecular flexibility index (Phi) is 25.3. The third kappa shape index (κ3) is 12.8. The largest absolute Gasteiger partial charge is 1.00 e. The zero-order chi connectivity index (χ0) is 8.41. The second-order valence-electron chi connectivity index (χ2n) is 1.13. The summed E-state index contributed by atoms with van der Waals surface area (Å²) in [6.45, 7) is 4.00. The molecule has 0 spiro atoms. The number of allylic oxidation sites excluding steroid dienone is 4. The Morgan fingerprint density at radius 3 is 1.91 bits per heavy atom. The summed E-state index contributed by atoms with van der Waals surface area (Å²) in [5.41, 5.74) is 0. The standard InChI is InChI=1S/C5H4Cl.2CH2O.Ru/c6-5-3-1-2-4-5;2*1-2;/h1,3H,2H2;2*1H2;/q-1;;;+1. The molecular formula is C7H8ClO2Ru. The van der Waals surface area contributed by atoms with Crippen LogP contribution in [0, 0.1) is 6.08 Å². The van der Waals surface area contributed by atoms with Gasteiger partial charge in [0.25, 0.3) is 0 Å². The summed E-state index contributed by atoms with van der Waals surface area (Å²) in [7, 11) is 0. The molecule has 0 aromatic carbocycles. The molecule has 0 N–H and O–H groups in total. The Balaban J connectivity index is -0.000000114. The van der Waals surface area contributed by atoms with E-state index in [1.165, 1.54) is 0 Å². The van der Waals surface area contributed by atoms with E-state index in [1.54, 1.807) is 0 Å². The van der Waals surface area contributed by atoms with Crippen molar-refractivity contribution in [3.63, 3.8) is 0 Å². The third-order valence-electron chi connectivity index (χ3n) is 0.653. The van der Waals surface area contributed by atoms with Crippen LogP contribution in [0.2, 0.25) is 0 Å². The maximum atomic E-state index is 8.00. The van der Waals surface area contributed by atoms with E-state index >= 15 is 0 Å². The minimum Gasteiger partial charge on any atom is -0.307 e. The van der Waals surface area contributed by atoms with E-state index in [4.69, 9.17) is 21.2 Å². The maximum absolute atomic E-state index is 8.00. The predicted octanol–water partition coefficient (Wildman–Crippen LogP) is 1.50. The van der Waals surface area contributed by atoms with Crippen LogP contribution < -0.4 is 0 Å². The molecule has 0 amide bonds. The Hall–Kier alpha value is -0.267. The molecule has 4 heteroatoms. The Morgan fingerprint density at radius 2 is 1.82 bits per heavy atom. The molecule has 0 aliphatic heterocycles. The number of halogens is 1. The Bertz CT molecular complexity index is 130. The number of carbonyl (C=O) groups is 2. The van der Waals surface area contributed by atoms with Crippen LogP contribution in [0.25, 0.3) is 0 Å². The molecule has 0 aromatic heterocycles. The van der Waals surface area contributed by atoms with Crippen molar-refractivity contribution in [1.29, 1.82) is 0 Å². The second-order valence-corrected chi connectivity index (χ2v) is 1.54. The van der Waals surface area contributed by atoms with Gasteiger partial charge < -0.3 is 9.59 Å². The molecular weight excluding hydrogens is 253 g/mol. The van der Waals surface area contributed by atoms with Crippen molar-refractivity contribution < 1.29 is 29.1 Å². The van der Waals surface area contributed by atoms with Gasteiger partial charge in [0.1, 0.15) is 13.6 Å². The van der Waals surface area contributed by atoms with Crippen molar-refractivity contribution in [3.8, 4) is 0 Å². The number of carbonyl (C=O) groups excluding carboxylic acids is 2. The number of rotatable bonds is 0. The second kappa shape index (κ2) is 16.4. The predicted molar refractivity (Wildman–Crippen MR) is 40.6 cm³/mol. The first-order valence-electron chi connectivity index (χ1n) is 2.40. The Labute approximate surface area is 84.1 Å². The van der Waals surface area contributed by atoms with E-state index in [2.05, 4.69) is 6.08 Å². The smallest absolute Gasteiger partial charge is 0.307 e. The van der Waals surface area contributed by atoms with E-state index < -0.39 is 0 Å². The molecule has 1 rings (SSSR count). The van der Waals surface area contributed by atoms with Crippen LogP contribution >= 0.6 is 11.6 Å². The van der Waals surface area contributed by atoms with E-state index in [0.717, 1.165) is 11.5 Å². The molecule has 2 nitrogen and oxygen atoms in total. The maximum Gasteiger partial charge on any atom is 1.00 e. The van der Waals surface area contributed by atoms with Crippen LogP contribution in [0.15, 0.2) is 17.2 Å². The Morgan fingerprint density at radius 1 is 1.36 bits per heavy atom. The van der Waals surface area contributed by atoms with Gasteiger partial charge in [-0.15, -0.1) is 23.1 Å². The van der Waals surface area contributed by atoms with Crippen molar-refractivity contribution in [3.05, 3.63) is 23.3 Å². The minimum absolute atomic E-state index is 0. The fourth-order valence-electron chi connectivity index (χ4n) is 0.378. The first-order valence-corrected chi connectivity index (χ1v) is 2.78. The van der Waals surface area contributed by atoms with Crippen molar-refractivity contribution in [2.24, 2.45) is 0 Å². The topological polar surface area (TPSA) is 34.1 Å². The van der Waals surface area contributed by atoms with Gasteiger partial charge in [-0.2, -0.15) is 12.2 Å². The summed E-state index contributed by atoms with van der Waals surface area (Å²) >= 11 is 5.43. The van der Waals surface area contributed by atoms with Gasteiger partial charge in [0, 0.05) is 0 Å². The quantitative estimate of drug-likeness (QED) is 0.489. The van der Waals surface area contributed by atoms with E-state index in [-0.39, 0.29) is 19.5 Å². The van der Waals surface area contributed by atoms with Gasteiger partial charge in [-0.25, -0.2) is 0 Å². The molecule has 0 saturated heterocycles. The molecule has 0 saturated carbocycles. The van der Waals surface area contributed by atoms with Gasteiger partial charge in [-0.1, -0.05) is 0 Å². The van der Waals surface area contributed by atoms with Crippen LogP contribution in [-0.4, -0.2) is 13.6 Å². The van der Waals surface area contributed by atoms with E-state index in [0.29, 0.717) is 0 Å². The molecule has 0 fully saturated rings. The fourth-order valence-corrected chi connectivity index (χ4v) is 0.544. The molecule has 1 radical (unpaired) electrons. The molecule has 63 valence electrons. The summed E-state index contributed by atoms with van der Waals surface area (Å²) in [5, 5.41) is 0.745. The molecule has 0 heterocycles. The summed E-state index contributed by atoms with van der Waals surface area (Å²) in [6.07, 6.45) is 7.60. The molecule has 0 unspecified atom stereocenters. The first kappa shape index (κ1) is 17.0. The molecule has 11 heavy (non-hydrogen) atoms. The van der Waals surface area contributed by atoms with Crippen LogP contribution in [0.3, 0.4) is 0 Å². The zero-order valence-corrected chi connectivity index (χ0v) is 8.32. The number of hydrogen-bond acceptors (Lipinski definition) is 2. The van der Waals surface area contributed by atoms with Crippen LogP contribution in [-0.2, 0) is 29.1 Å². The molecule has 1 aliphatic rings. The van der Waals surface area contributed by atoms with E-state index in [9.17, 15) is 0 Å². The van der Waals surface area contributed by atoms with Crippen LogP contribution in [0.5, 0.6) is 0 Å². The van der Waals surface area contributed by atoms with Crippen molar-refractivity contribution in [1.82, 2.24) is 0 Å². The zero-order valence-electron chi connectivity index (χ0n) is 5.82. The summed E-state index contributed by atoms with van der Waals surface area (Å²) < 4.78 is 0. The van der Waals surface area contributed by atoms with Gasteiger partial charge in [0.2, 0.25) is 0 Å². The van der Waals surface area contributed by atoms with Gasteiger partial charge in [-0.3, -0.25) is 6.08 Å². The number of hydrogen-bond donors (Lipinski definition) is 0. The normalized spacial score (nSPS) is 10.8. The molecule has 0 atom stereocenters. The van der Waals surface area contributed by atoms with Crippen molar-refractivity contribution in [2.75, 3.05) is 0 Å². The molecule has 0 bridgehead atoms. The average Bonchev–Trinajstić information content (AvgIpc) is 2.48. The SMILES string of the molecule is C=O.C=O.ClC1=[C-]CC=C1.[Ru+]. The van der Waals surface area contributed by atoms with Gasteiger partial charge in [-0.05, 0) is 0 Å². The van der Waals surface area contributed by atoms with Crippen LogP contribution in [0.4, 0.5) is 0 Å². The summed E-state index contributed by atoms with van der Waals surface area (Å²) in [4.78, 5) is 16.0. The van der Waals surface area contributed by atoms with Gasteiger partial charge >= 0.3 is 19.5 Å². The van der Waals surface area contributed by atoms with Gasteiger partial charge in [0.05, 0.1) is 0 Å². The first-order chi connectivity index (χ1) is 4.89. The van der Waals surface area contributed by atoms with Crippen molar-refractivity contribution in [2.45, 2.75) is 6.42 Å².